The Kier molecular flexibility index (Phi) is 16.1. The van der Waals surface area contributed by atoms with Crippen LogP contribution < -0.4 is 0 Å². The van der Waals surface area contributed by atoms with Gasteiger partial charge in [-0.2, -0.15) is 0 Å². The van der Waals surface area contributed by atoms with Crippen molar-refractivity contribution in [2.24, 2.45) is 0 Å². The first kappa shape index (κ1) is 17.0. The quantitative estimate of drug-likeness (QED) is 0.200. The maximum atomic E-state index is 3.20. The van der Waals surface area contributed by atoms with E-state index in [2.05, 4.69) is 47.4 Å². The smallest absolute Gasteiger partial charge is 0.00922 e. The Morgan fingerprint density at radius 3 is 2.06 bits per heavy atom. The van der Waals surface area contributed by atoms with Crippen LogP contribution in [0.25, 0.3) is 0 Å². The minimum atomic E-state index is 1.07. The van der Waals surface area contributed by atoms with Gasteiger partial charge in [0, 0.05) is 6.42 Å². The fraction of sp³-hybridized carbons (Fsp3) is 0.750. The van der Waals surface area contributed by atoms with E-state index in [-0.39, 0.29) is 0 Å². The fourth-order valence-electron chi connectivity index (χ4n) is 1.68. The standard InChI is InChI=1S/C16H27I/c1-2-3-4-5-6-7-8-9-10-11-12-13-14-15-16-17/h3-4H,2,7-16H2,1H3/b4-3-. The van der Waals surface area contributed by atoms with Gasteiger partial charge < -0.3 is 0 Å². The van der Waals surface area contributed by atoms with Crippen LogP contribution in [0.4, 0.5) is 0 Å². The minimum absolute atomic E-state index is 1.07. The summed E-state index contributed by atoms with van der Waals surface area (Å²) in [5.41, 5.74) is 0. The maximum absolute atomic E-state index is 3.20. The van der Waals surface area contributed by atoms with Crippen LogP contribution in [0.15, 0.2) is 12.2 Å². The second-order valence-electron chi connectivity index (χ2n) is 4.40. The summed E-state index contributed by atoms with van der Waals surface area (Å²) in [6.45, 7) is 2.14. The van der Waals surface area contributed by atoms with E-state index < -0.39 is 0 Å². The lowest BCUT2D eigenvalue weighted by atomic mass is 10.1. The highest BCUT2D eigenvalue weighted by Crippen LogP contribution is 2.09. The Bertz CT molecular complexity index is 219. The van der Waals surface area contributed by atoms with Gasteiger partial charge in [0.05, 0.1) is 0 Å². The number of allylic oxidation sites excluding steroid dienone is 2. The molecular formula is C16H27I. The average Bonchev–Trinajstić information content (AvgIpc) is 2.35. The molecule has 98 valence electrons. The van der Waals surface area contributed by atoms with E-state index in [1.807, 2.05) is 6.08 Å². The third-order valence-corrected chi connectivity index (χ3v) is 3.49. The van der Waals surface area contributed by atoms with Crippen molar-refractivity contribution in [2.75, 3.05) is 4.43 Å². The Balaban J connectivity index is 3.07. The van der Waals surface area contributed by atoms with Gasteiger partial charge in [-0.05, 0) is 29.8 Å². The third kappa shape index (κ3) is 16.0. The normalized spacial score (nSPS) is 10.5. The topological polar surface area (TPSA) is 0 Å². The zero-order valence-electron chi connectivity index (χ0n) is 11.3. The largest absolute Gasteiger partial charge is 0.0985 e. The van der Waals surface area contributed by atoms with E-state index in [9.17, 15) is 0 Å². The van der Waals surface area contributed by atoms with Crippen LogP contribution in [0.2, 0.25) is 0 Å². The molecule has 0 aliphatic rings. The van der Waals surface area contributed by atoms with Gasteiger partial charge in [0.25, 0.3) is 0 Å². The molecule has 17 heavy (non-hydrogen) atoms. The molecule has 0 nitrogen and oxygen atoms in total. The van der Waals surface area contributed by atoms with E-state index in [0.29, 0.717) is 0 Å². The highest BCUT2D eigenvalue weighted by Gasteiger charge is 1.91. The molecule has 0 spiro atoms. The summed E-state index contributed by atoms with van der Waals surface area (Å²) in [7, 11) is 0. The summed E-state index contributed by atoms with van der Waals surface area (Å²) < 4.78 is 1.32. The number of rotatable bonds is 10. The lowest BCUT2D eigenvalue weighted by Gasteiger charge is -1.99. The maximum Gasteiger partial charge on any atom is 0.00922 e. The van der Waals surface area contributed by atoms with Crippen LogP contribution >= 0.6 is 22.6 Å². The monoisotopic (exact) mass is 346 g/mol. The highest BCUT2D eigenvalue weighted by atomic mass is 127. The van der Waals surface area contributed by atoms with Gasteiger partial charge in [-0.3, -0.25) is 0 Å². The second kappa shape index (κ2) is 16.0. The predicted octanol–water partition coefficient (Wildman–Crippen LogP) is 5.90. The van der Waals surface area contributed by atoms with Crippen LogP contribution in [0.5, 0.6) is 0 Å². The first-order valence-corrected chi connectivity index (χ1v) is 8.63. The Morgan fingerprint density at radius 2 is 1.47 bits per heavy atom. The van der Waals surface area contributed by atoms with Crippen molar-refractivity contribution < 1.29 is 0 Å². The van der Waals surface area contributed by atoms with Crippen LogP contribution in [0, 0.1) is 11.8 Å². The first-order chi connectivity index (χ1) is 8.41. The molecule has 0 radical (unpaired) electrons. The summed E-state index contributed by atoms with van der Waals surface area (Å²) >= 11 is 2.47. The zero-order valence-corrected chi connectivity index (χ0v) is 13.5. The predicted molar refractivity (Wildman–Crippen MR) is 87.6 cm³/mol. The van der Waals surface area contributed by atoms with E-state index in [4.69, 9.17) is 0 Å². The molecular weight excluding hydrogens is 319 g/mol. The molecule has 0 saturated heterocycles. The summed E-state index contributed by atoms with van der Waals surface area (Å²) in [6.07, 6.45) is 17.4. The molecule has 0 heterocycles. The first-order valence-electron chi connectivity index (χ1n) is 7.11. The van der Waals surface area contributed by atoms with Crippen LogP contribution in [0.3, 0.4) is 0 Å². The van der Waals surface area contributed by atoms with Gasteiger partial charge in [-0.25, -0.2) is 0 Å². The van der Waals surface area contributed by atoms with Gasteiger partial charge >= 0.3 is 0 Å². The molecule has 1 heteroatoms. The van der Waals surface area contributed by atoms with Gasteiger partial charge in [0.2, 0.25) is 0 Å². The number of hydrogen-bond acceptors (Lipinski definition) is 0. The van der Waals surface area contributed by atoms with E-state index in [1.54, 1.807) is 0 Å². The fourth-order valence-corrected chi connectivity index (χ4v) is 2.22. The minimum Gasteiger partial charge on any atom is -0.0985 e. The summed E-state index contributed by atoms with van der Waals surface area (Å²) in [5.74, 6) is 6.28. The van der Waals surface area contributed by atoms with E-state index >= 15 is 0 Å². The van der Waals surface area contributed by atoms with Crippen molar-refractivity contribution >= 4 is 22.6 Å². The van der Waals surface area contributed by atoms with Crippen molar-refractivity contribution in [3.05, 3.63) is 12.2 Å². The Labute approximate surface area is 122 Å². The summed E-state index contributed by atoms with van der Waals surface area (Å²) in [4.78, 5) is 0. The summed E-state index contributed by atoms with van der Waals surface area (Å²) in [5, 5.41) is 0. The van der Waals surface area contributed by atoms with Crippen molar-refractivity contribution in [3.8, 4) is 11.8 Å². The molecule has 0 fully saturated rings. The molecule has 0 aliphatic carbocycles. The zero-order chi connectivity index (χ0) is 12.6. The van der Waals surface area contributed by atoms with Gasteiger partial charge in [0.1, 0.15) is 0 Å². The van der Waals surface area contributed by atoms with Gasteiger partial charge in [-0.1, -0.05) is 86.0 Å². The molecule has 0 unspecified atom stereocenters. The van der Waals surface area contributed by atoms with Crippen molar-refractivity contribution in [1.29, 1.82) is 0 Å². The van der Waals surface area contributed by atoms with Crippen LogP contribution in [-0.4, -0.2) is 4.43 Å². The lowest BCUT2D eigenvalue weighted by molar-refractivity contribution is 0.581. The Morgan fingerprint density at radius 1 is 0.882 bits per heavy atom. The number of alkyl halides is 1. The average molecular weight is 346 g/mol. The lowest BCUT2D eigenvalue weighted by Crippen LogP contribution is -1.81. The SMILES string of the molecule is CC/C=C\C#CCCCCCCCCCCI. The van der Waals surface area contributed by atoms with Crippen molar-refractivity contribution in [2.45, 2.75) is 71.1 Å². The van der Waals surface area contributed by atoms with Crippen LogP contribution in [-0.2, 0) is 0 Å². The molecule has 0 atom stereocenters. The van der Waals surface area contributed by atoms with Crippen molar-refractivity contribution in [1.82, 2.24) is 0 Å². The molecule has 0 aliphatic heterocycles. The molecule has 0 saturated carbocycles. The molecule has 0 amide bonds. The number of hydrogen-bond donors (Lipinski definition) is 0. The third-order valence-electron chi connectivity index (χ3n) is 2.72. The molecule has 0 aromatic rings. The highest BCUT2D eigenvalue weighted by molar-refractivity contribution is 14.1. The molecule has 0 bridgehead atoms. The molecule has 0 aromatic carbocycles. The van der Waals surface area contributed by atoms with E-state index in [1.165, 1.54) is 55.8 Å². The van der Waals surface area contributed by atoms with Gasteiger partial charge in [-0.15, -0.1) is 0 Å². The summed E-state index contributed by atoms with van der Waals surface area (Å²) in [6, 6.07) is 0. The number of unbranched alkanes of at least 4 members (excludes halogenated alkanes) is 8. The number of halogens is 1. The van der Waals surface area contributed by atoms with Crippen molar-refractivity contribution in [3.63, 3.8) is 0 Å². The van der Waals surface area contributed by atoms with E-state index in [0.717, 1.165) is 12.8 Å². The van der Waals surface area contributed by atoms with Gasteiger partial charge in [0.15, 0.2) is 0 Å². The second-order valence-corrected chi connectivity index (χ2v) is 5.48. The molecule has 0 N–H and O–H groups in total. The molecule has 0 aromatic heterocycles. The Hall–Kier alpha value is 0.0300. The molecule has 0 rings (SSSR count). The van der Waals surface area contributed by atoms with Crippen LogP contribution in [0.1, 0.15) is 71.1 Å².